The molecule has 3 aromatic rings. The van der Waals surface area contributed by atoms with Crippen molar-refractivity contribution in [3.8, 4) is 0 Å². The van der Waals surface area contributed by atoms with Gasteiger partial charge in [-0.25, -0.2) is 8.42 Å². The summed E-state index contributed by atoms with van der Waals surface area (Å²) in [5.74, 6) is 0.803. The second-order valence-corrected chi connectivity index (χ2v) is 9.32. The van der Waals surface area contributed by atoms with Crippen LogP contribution in [-0.2, 0) is 16.6 Å². The number of aliphatic hydroxyl groups excluding tert-OH is 1. The maximum Gasteiger partial charge on any atom is 0.243 e. The largest absolute Gasteiger partial charge is 0.460 e. The summed E-state index contributed by atoms with van der Waals surface area (Å²) in [6, 6.07) is 15.6. The van der Waals surface area contributed by atoms with Gasteiger partial charge in [-0.2, -0.15) is 4.31 Å². The van der Waals surface area contributed by atoms with Crippen molar-refractivity contribution in [2.75, 3.05) is 13.2 Å². The molecule has 1 N–H and O–H groups in total. The van der Waals surface area contributed by atoms with E-state index in [0.29, 0.717) is 30.2 Å². The van der Waals surface area contributed by atoms with E-state index in [0.717, 1.165) is 11.0 Å². The number of furan rings is 1. The first kappa shape index (κ1) is 20.9. The van der Waals surface area contributed by atoms with Gasteiger partial charge in [0, 0.05) is 23.6 Å². The maximum atomic E-state index is 13.2. The van der Waals surface area contributed by atoms with Crippen LogP contribution in [0.2, 0.25) is 5.02 Å². The molecule has 1 atom stereocenters. The van der Waals surface area contributed by atoms with Crippen LogP contribution in [0.3, 0.4) is 0 Å². The Hall–Kier alpha value is -1.86. The molecule has 150 valence electrons. The Morgan fingerprint density at radius 2 is 1.82 bits per heavy atom. The standard InChI is InChI=1S/C21H24ClNO4S/c1-16(11-13-24)10-12-23(28(25,26)20-8-6-18(22)7-9-20)15-19-14-17-4-2-3-5-21(17)27-19/h2-9,14,16,24H,10-13,15H2,1H3. The van der Waals surface area contributed by atoms with Crippen LogP contribution in [0.1, 0.15) is 25.5 Å². The molecule has 0 aliphatic heterocycles. The van der Waals surface area contributed by atoms with Crippen molar-refractivity contribution in [1.29, 1.82) is 0 Å². The minimum Gasteiger partial charge on any atom is -0.460 e. The zero-order valence-corrected chi connectivity index (χ0v) is 17.3. The average Bonchev–Trinajstić information content (AvgIpc) is 3.08. The average molecular weight is 422 g/mol. The van der Waals surface area contributed by atoms with Crippen LogP contribution in [0.15, 0.2) is 63.9 Å². The summed E-state index contributed by atoms with van der Waals surface area (Å²) in [6.45, 7) is 2.58. The van der Waals surface area contributed by atoms with Crippen LogP contribution in [0, 0.1) is 5.92 Å². The van der Waals surface area contributed by atoms with Gasteiger partial charge in [0.1, 0.15) is 11.3 Å². The number of sulfonamides is 1. The van der Waals surface area contributed by atoms with Crippen molar-refractivity contribution in [2.24, 2.45) is 5.92 Å². The minimum absolute atomic E-state index is 0.0919. The van der Waals surface area contributed by atoms with Crippen molar-refractivity contribution in [3.63, 3.8) is 0 Å². The van der Waals surface area contributed by atoms with Crippen molar-refractivity contribution >= 4 is 32.6 Å². The van der Waals surface area contributed by atoms with Crippen molar-refractivity contribution < 1.29 is 17.9 Å². The summed E-state index contributed by atoms with van der Waals surface area (Å²) < 4.78 is 33.7. The van der Waals surface area contributed by atoms with Crippen molar-refractivity contribution in [1.82, 2.24) is 4.31 Å². The van der Waals surface area contributed by atoms with E-state index in [1.807, 2.05) is 37.3 Å². The van der Waals surface area contributed by atoms with E-state index >= 15 is 0 Å². The van der Waals surface area contributed by atoms with Crippen LogP contribution >= 0.6 is 11.6 Å². The predicted octanol–water partition coefficient (Wildman–Crippen LogP) is 4.69. The predicted molar refractivity (Wildman–Crippen MR) is 111 cm³/mol. The summed E-state index contributed by atoms with van der Waals surface area (Å²) >= 11 is 5.91. The molecule has 7 heteroatoms. The third-order valence-corrected chi connectivity index (χ3v) is 6.86. The highest BCUT2D eigenvalue weighted by Gasteiger charge is 2.26. The maximum absolute atomic E-state index is 13.2. The molecule has 0 fully saturated rings. The number of aliphatic hydroxyl groups is 1. The number of halogens is 1. The highest BCUT2D eigenvalue weighted by molar-refractivity contribution is 7.89. The third-order valence-electron chi connectivity index (χ3n) is 4.75. The number of fused-ring (bicyclic) bond motifs is 1. The number of hydrogen-bond donors (Lipinski definition) is 1. The fraction of sp³-hybridized carbons (Fsp3) is 0.333. The zero-order valence-electron chi connectivity index (χ0n) is 15.7. The zero-order chi connectivity index (χ0) is 20.1. The molecule has 0 aliphatic rings. The first-order valence-corrected chi connectivity index (χ1v) is 11.1. The Morgan fingerprint density at radius 1 is 1.11 bits per heavy atom. The number of para-hydroxylation sites is 1. The molecule has 5 nitrogen and oxygen atoms in total. The van der Waals surface area contributed by atoms with Gasteiger partial charge < -0.3 is 9.52 Å². The Balaban J connectivity index is 1.88. The monoisotopic (exact) mass is 421 g/mol. The van der Waals surface area contributed by atoms with Crippen LogP contribution in [0.5, 0.6) is 0 Å². The summed E-state index contributed by atoms with van der Waals surface area (Å²) in [6.07, 6.45) is 1.28. The Labute approximate surface area is 170 Å². The van der Waals surface area contributed by atoms with Gasteiger partial charge in [-0.15, -0.1) is 0 Å². The number of benzene rings is 2. The third kappa shape index (κ3) is 4.94. The lowest BCUT2D eigenvalue weighted by Gasteiger charge is -2.23. The molecule has 0 aliphatic carbocycles. The van der Waals surface area contributed by atoms with Gasteiger partial charge in [0.15, 0.2) is 0 Å². The highest BCUT2D eigenvalue weighted by Crippen LogP contribution is 2.25. The molecule has 28 heavy (non-hydrogen) atoms. The summed E-state index contributed by atoms with van der Waals surface area (Å²) in [7, 11) is -3.71. The lowest BCUT2D eigenvalue weighted by molar-refractivity contribution is 0.250. The van der Waals surface area contributed by atoms with E-state index in [4.69, 9.17) is 21.1 Å². The highest BCUT2D eigenvalue weighted by atomic mass is 35.5. The summed E-state index contributed by atoms with van der Waals surface area (Å²) in [5, 5.41) is 10.5. The van der Waals surface area contributed by atoms with E-state index in [1.54, 1.807) is 12.1 Å². The normalized spacial score (nSPS) is 13.3. The Kier molecular flexibility index (Phi) is 6.78. The second-order valence-electron chi connectivity index (χ2n) is 6.95. The Morgan fingerprint density at radius 3 is 2.50 bits per heavy atom. The van der Waals surface area contributed by atoms with E-state index in [-0.39, 0.29) is 24.0 Å². The molecule has 1 heterocycles. The van der Waals surface area contributed by atoms with Gasteiger partial charge in [-0.1, -0.05) is 36.7 Å². The van der Waals surface area contributed by atoms with Crippen molar-refractivity contribution in [3.05, 3.63) is 65.4 Å². The number of hydrogen-bond acceptors (Lipinski definition) is 4. The molecular weight excluding hydrogens is 398 g/mol. The molecule has 1 unspecified atom stereocenters. The van der Waals surface area contributed by atoms with Crippen LogP contribution < -0.4 is 0 Å². The number of nitrogens with zero attached hydrogens (tertiary/aromatic N) is 1. The molecule has 0 amide bonds. The first-order valence-electron chi connectivity index (χ1n) is 9.24. The van der Waals surface area contributed by atoms with E-state index < -0.39 is 10.0 Å². The van der Waals surface area contributed by atoms with Gasteiger partial charge in [-0.3, -0.25) is 0 Å². The lowest BCUT2D eigenvalue weighted by atomic mass is 10.1. The van der Waals surface area contributed by atoms with Gasteiger partial charge in [0.2, 0.25) is 10.0 Å². The van der Waals surface area contributed by atoms with E-state index in [9.17, 15) is 8.42 Å². The molecule has 2 aromatic carbocycles. The Bertz CT molecular complexity index is 981. The van der Waals surface area contributed by atoms with Gasteiger partial charge in [0.25, 0.3) is 0 Å². The van der Waals surface area contributed by atoms with Crippen LogP contribution in [0.25, 0.3) is 11.0 Å². The smallest absolute Gasteiger partial charge is 0.243 e. The molecule has 0 spiro atoms. The van der Waals surface area contributed by atoms with Gasteiger partial charge >= 0.3 is 0 Å². The van der Waals surface area contributed by atoms with Crippen LogP contribution in [-0.4, -0.2) is 31.0 Å². The molecule has 3 rings (SSSR count). The molecule has 1 aromatic heterocycles. The SMILES string of the molecule is CC(CCO)CCN(Cc1cc2ccccc2o1)S(=O)(=O)c1ccc(Cl)cc1. The summed E-state index contributed by atoms with van der Waals surface area (Å²) in [5.41, 5.74) is 0.731. The molecule has 0 bridgehead atoms. The molecule has 0 saturated heterocycles. The van der Waals surface area contributed by atoms with Gasteiger partial charge in [-0.05, 0) is 55.2 Å². The second kappa shape index (κ2) is 9.09. The number of rotatable bonds is 9. The molecular formula is C21H24ClNO4S. The topological polar surface area (TPSA) is 70.8 Å². The fourth-order valence-corrected chi connectivity index (χ4v) is 4.60. The van der Waals surface area contributed by atoms with E-state index in [1.165, 1.54) is 16.4 Å². The fourth-order valence-electron chi connectivity index (χ4n) is 3.06. The van der Waals surface area contributed by atoms with Crippen LogP contribution in [0.4, 0.5) is 0 Å². The quantitative estimate of drug-likeness (QED) is 0.544. The first-order chi connectivity index (χ1) is 13.4. The summed E-state index contributed by atoms with van der Waals surface area (Å²) in [4.78, 5) is 0.197. The minimum atomic E-state index is -3.71. The lowest BCUT2D eigenvalue weighted by Crippen LogP contribution is -2.32. The van der Waals surface area contributed by atoms with E-state index in [2.05, 4.69) is 0 Å². The van der Waals surface area contributed by atoms with Crippen molar-refractivity contribution in [2.45, 2.75) is 31.2 Å². The molecule has 0 saturated carbocycles. The van der Waals surface area contributed by atoms with Gasteiger partial charge in [0.05, 0.1) is 11.4 Å². The molecule has 0 radical (unpaired) electrons.